The molecule has 0 radical (unpaired) electrons. The SMILES string of the molecule is NC(=O)c1cc2c([nH]c1=O)CCCC2NC(=O)c1ccc(OC(F)(F)F)cc1. The fourth-order valence-corrected chi connectivity index (χ4v) is 3.12. The molecule has 0 saturated heterocycles. The van der Waals surface area contributed by atoms with Gasteiger partial charge in [-0.2, -0.15) is 0 Å². The lowest BCUT2D eigenvalue weighted by Crippen LogP contribution is -2.34. The van der Waals surface area contributed by atoms with Crippen LogP contribution >= 0.6 is 0 Å². The molecule has 1 aliphatic carbocycles. The minimum Gasteiger partial charge on any atom is -0.406 e. The number of H-pyrrole nitrogens is 1. The number of nitrogens with two attached hydrogens (primary N) is 1. The summed E-state index contributed by atoms with van der Waals surface area (Å²) in [5.41, 5.74) is 5.76. The van der Waals surface area contributed by atoms with E-state index in [4.69, 9.17) is 5.73 Å². The first-order valence-electron chi connectivity index (χ1n) is 8.36. The van der Waals surface area contributed by atoms with Crippen LogP contribution in [0.5, 0.6) is 5.75 Å². The molecule has 1 aromatic carbocycles. The van der Waals surface area contributed by atoms with E-state index in [-0.39, 0.29) is 11.1 Å². The van der Waals surface area contributed by atoms with E-state index in [9.17, 15) is 27.6 Å². The molecule has 1 aliphatic rings. The second-order valence-corrected chi connectivity index (χ2v) is 6.30. The number of rotatable bonds is 4. The Bertz CT molecular complexity index is 968. The molecule has 4 N–H and O–H groups in total. The molecule has 0 saturated carbocycles. The van der Waals surface area contributed by atoms with Crippen molar-refractivity contribution in [2.75, 3.05) is 0 Å². The van der Waals surface area contributed by atoms with E-state index in [1.807, 2.05) is 0 Å². The van der Waals surface area contributed by atoms with Gasteiger partial charge in [0.25, 0.3) is 17.4 Å². The molecular weight excluding hydrogens is 379 g/mol. The van der Waals surface area contributed by atoms with Crippen LogP contribution in [-0.2, 0) is 6.42 Å². The van der Waals surface area contributed by atoms with Crippen LogP contribution in [0.2, 0.25) is 0 Å². The van der Waals surface area contributed by atoms with Gasteiger partial charge in [0.2, 0.25) is 0 Å². The van der Waals surface area contributed by atoms with E-state index in [0.717, 1.165) is 12.1 Å². The van der Waals surface area contributed by atoms with Crippen molar-refractivity contribution in [2.24, 2.45) is 5.73 Å². The van der Waals surface area contributed by atoms with Gasteiger partial charge in [0.05, 0.1) is 6.04 Å². The summed E-state index contributed by atoms with van der Waals surface area (Å²) in [6.07, 6.45) is -2.97. The molecule has 2 aromatic rings. The molecule has 7 nitrogen and oxygen atoms in total. The molecule has 2 amide bonds. The van der Waals surface area contributed by atoms with Gasteiger partial charge < -0.3 is 20.8 Å². The Balaban J connectivity index is 1.79. The van der Waals surface area contributed by atoms with Crippen molar-refractivity contribution in [2.45, 2.75) is 31.7 Å². The third kappa shape index (κ3) is 4.33. The van der Waals surface area contributed by atoms with Crippen molar-refractivity contribution >= 4 is 11.8 Å². The van der Waals surface area contributed by atoms with Crippen LogP contribution in [0.15, 0.2) is 35.1 Å². The number of hydrogen-bond acceptors (Lipinski definition) is 4. The highest BCUT2D eigenvalue weighted by atomic mass is 19.4. The lowest BCUT2D eigenvalue weighted by molar-refractivity contribution is -0.274. The van der Waals surface area contributed by atoms with Crippen molar-refractivity contribution in [3.63, 3.8) is 0 Å². The van der Waals surface area contributed by atoms with Gasteiger partial charge in [-0.15, -0.1) is 13.2 Å². The summed E-state index contributed by atoms with van der Waals surface area (Å²) in [5.74, 6) is -1.82. The Morgan fingerprint density at radius 2 is 1.89 bits per heavy atom. The Morgan fingerprint density at radius 3 is 2.50 bits per heavy atom. The molecule has 1 aromatic heterocycles. The maximum Gasteiger partial charge on any atom is 0.573 e. The summed E-state index contributed by atoms with van der Waals surface area (Å²) in [6.45, 7) is 0. The molecule has 28 heavy (non-hydrogen) atoms. The van der Waals surface area contributed by atoms with E-state index in [1.54, 1.807) is 0 Å². The van der Waals surface area contributed by atoms with Gasteiger partial charge in [0, 0.05) is 11.3 Å². The van der Waals surface area contributed by atoms with Crippen molar-refractivity contribution in [3.8, 4) is 5.75 Å². The van der Waals surface area contributed by atoms with E-state index < -0.39 is 35.5 Å². The lowest BCUT2D eigenvalue weighted by atomic mass is 9.90. The van der Waals surface area contributed by atoms with Gasteiger partial charge in [-0.25, -0.2) is 0 Å². The summed E-state index contributed by atoms with van der Waals surface area (Å²) < 4.78 is 40.4. The van der Waals surface area contributed by atoms with E-state index in [2.05, 4.69) is 15.0 Å². The number of aryl methyl sites for hydroxylation is 1. The Kier molecular flexibility index (Phi) is 5.12. The highest BCUT2D eigenvalue weighted by Crippen LogP contribution is 2.29. The highest BCUT2D eigenvalue weighted by Gasteiger charge is 2.31. The van der Waals surface area contributed by atoms with Gasteiger partial charge in [0.1, 0.15) is 11.3 Å². The average molecular weight is 395 g/mol. The van der Waals surface area contributed by atoms with Crippen LogP contribution in [0.4, 0.5) is 13.2 Å². The topological polar surface area (TPSA) is 114 Å². The first-order valence-corrected chi connectivity index (χ1v) is 8.36. The molecule has 0 fully saturated rings. The first kappa shape index (κ1) is 19.5. The molecule has 1 atom stereocenters. The number of nitrogens with one attached hydrogen (secondary N) is 2. The number of carbonyl (C=O) groups is 2. The van der Waals surface area contributed by atoms with Crippen molar-refractivity contribution in [1.82, 2.24) is 10.3 Å². The van der Waals surface area contributed by atoms with Crippen LogP contribution < -0.4 is 21.3 Å². The Morgan fingerprint density at radius 1 is 1.21 bits per heavy atom. The minimum absolute atomic E-state index is 0.140. The first-order chi connectivity index (χ1) is 13.1. The van der Waals surface area contributed by atoms with E-state index >= 15 is 0 Å². The van der Waals surface area contributed by atoms with Gasteiger partial charge >= 0.3 is 6.36 Å². The number of hydrogen-bond donors (Lipinski definition) is 3. The summed E-state index contributed by atoms with van der Waals surface area (Å²) in [4.78, 5) is 38.4. The summed E-state index contributed by atoms with van der Waals surface area (Å²) >= 11 is 0. The molecule has 10 heteroatoms. The summed E-state index contributed by atoms with van der Waals surface area (Å²) in [7, 11) is 0. The number of pyridine rings is 1. The minimum atomic E-state index is -4.81. The number of aromatic amines is 1. The molecule has 1 unspecified atom stereocenters. The number of amides is 2. The quantitative estimate of drug-likeness (QED) is 0.736. The second-order valence-electron chi connectivity index (χ2n) is 6.30. The van der Waals surface area contributed by atoms with Crippen molar-refractivity contribution in [3.05, 3.63) is 63.1 Å². The Hall–Kier alpha value is -3.30. The molecular formula is C18H16F3N3O4. The maximum absolute atomic E-state index is 12.5. The molecule has 3 rings (SSSR count). The van der Waals surface area contributed by atoms with Crippen LogP contribution in [-0.4, -0.2) is 23.2 Å². The predicted molar refractivity (Wildman–Crippen MR) is 91.9 cm³/mol. The van der Waals surface area contributed by atoms with Crippen molar-refractivity contribution < 1.29 is 27.5 Å². The third-order valence-corrected chi connectivity index (χ3v) is 4.37. The fourth-order valence-electron chi connectivity index (χ4n) is 3.12. The van der Waals surface area contributed by atoms with Crippen LogP contribution in [0.25, 0.3) is 0 Å². The highest BCUT2D eigenvalue weighted by molar-refractivity contribution is 5.95. The summed E-state index contributed by atoms with van der Waals surface area (Å²) in [6, 6.07) is 5.40. The number of carbonyl (C=O) groups excluding carboxylic acids is 2. The fraction of sp³-hybridized carbons (Fsp3) is 0.278. The number of aromatic nitrogens is 1. The standard InChI is InChI=1S/C18H16F3N3O4/c19-18(20,21)28-10-6-4-9(5-7-10)16(26)23-13-2-1-3-14-11(13)8-12(15(22)25)17(27)24-14/h4-8,13H,1-3H2,(H2,22,25)(H,23,26)(H,24,27). The largest absolute Gasteiger partial charge is 0.573 e. The number of alkyl halides is 3. The number of ether oxygens (including phenoxy) is 1. The molecule has 0 spiro atoms. The second kappa shape index (κ2) is 7.37. The van der Waals surface area contributed by atoms with E-state index in [1.165, 1.54) is 18.2 Å². The number of fused-ring (bicyclic) bond motifs is 1. The van der Waals surface area contributed by atoms with Crippen molar-refractivity contribution in [1.29, 1.82) is 0 Å². The normalized spacial score (nSPS) is 16.2. The number of benzene rings is 1. The number of primary amides is 1. The smallest absolute Gasteiger partial charge is 0.406 e. The van der Waals surface area contributed by atoms with E-state index in [0.29, 0.717) is 30.5 Å². The van der Waals surface area contributed by atoms with Gasteiger partial charge in [-0.1, -0.05) is 0 Å². The van der Waals surface area contributed by atoms with Crippen LogP contribution in [0.1, 0.15) is 50.9 Å². The zero-order chi connectivity index (χ0) is 20.5. The van der Waals surface area contributed by atoms with Gasteiger partial charge in [-0.3, -0.25) is 14.4 Å². The molecule has 0 aliphatic heterocycles. The zero-order valence-electron chi connectivity index (χ0n) is 14.4. The molecule has 0 bridgehead atoms. The average Bonchev–Trinajstić information content (AvgIpc) is 2.60. The monoisotopic (exact) mass is 395 g/mol. The molecule has 1 heterocycles. The number of halogens is 3. The summed E-state index contributed by atoms with van der Waals surface area (Å²) in [5, 5.41) is 2.77. The van der Waals surface area contributed by atoms with Crippen LogP contribution in [0, 0.1) is 0 Å². The molecule has 148 valence electrons. The van der Waals surface area contributed by atoms with Gasteiger partial charge in [0.15, 0.2) is 0 Å². The lowest BCUT2D eigenvalue weighted by Gasteiger charge is -2.26. The van der Waals surface area contributed by atoms with Gasteiger partial charge in [-0.05, 0) is 55.2 Å². The zero-order valence-corrected chi connectivity index (χ0v) is 14.4. The predicted octanol–water partition coefficient (Wildman–Crippen LogP) is 2.18. The Labute approximate surface area is 156 Å². The maximum atomic E-state index is 12.5. The third-order valence-electron chi connectivity index (χ3n) is 4.37. The van der Waals surface area contributed by atoms with Crippen LogP contribution in [0.3, 0.4) is 0 Å².